The molecule has 0 aromatic heterocycles. The minimum Gasteiger partial charge on any atom is -0.444 e. The average Bonchev–Trinajstić information content (AvgIpc) is 2.77. The minimum absolute atomic E-state index is 0.134. The summed E-state index contributed by atoms with van der Waals surface area (Å²) in [4.78, 5) is 34.9. The molecule has 180 valence electrons. The van der Waals surface area contributed by atoms with Crippen molar-refractivity contribution >= 4 is 29.6 Å². The van der Waals surface area contributed by atoms with Gasteiger partial charge < -0.3 is 19.9 Å². The topological polar surface area (TPSA) is 77.5 Å². The smallest absolute Gasteiger partial charge is 0.410 e. The Labute approximate surface area is 197 Å². The second-order valence-corrected chi connectivity index (χ2v) is 9.76. The quantitative estimate of drug-likeness (QED) is 0.709. The van der Waals surface area contributed by atoms with E-state index in [0.29, 0.717) is 18.5 Å². The van der Waals surface area contributed by atoms with Gasteiger partial charge in [-0.2, -0.15) is 0 Å². The third kappa shape index (κ3) is 7.32. The van der Waals surface area contributed by atoms with Gasteiger partial charge in [0.25, 0.3) is 0 Å². The van der Waals surface area contributed by atoms with E-state index in [4.69, 9.17) is 4.74 Å². The van der Waals surface area contributed by atoms with Gasteiger partial charge in [-0.1, -0.05) is 6.92 Å². The molecule has 3 rings (SSSR count). The standard InChI is InChI=1S/C25H37N5O3/c1-19-18-26-12-10-22(19)30-16-14-29(15-17-30)21-8-6-20(7-9-21)27-23(31)11-13-28(5)24(32)33-25(2,3)4/h6-10,12,18-19,22H,11,13-17H2,1-5H3,(H,27,31). The van der Waals surface area contributed by atoms with Crippen molar-refractivity contribution in [3.8, 4) is 0 Å². The van der Waals surface area contributed by atoms with Crippen LogP contribution in [0.5, 0.6) is 0 Å². The van der Waals surface area contributed by atoms with E-state index >= 15 is 0 Å². The van der Waals surface area contributed by atoms with Crippen molar-refractivity contribution in [1.82, 2.24) is 9.80 Å². The maximum absolute atomic E-state index is 12.3. The van der Waals surface area contributed by atoms with Crippen molar-refractivity contribution in [1.29, 1.82) is 0 Å². The van der Waals surface area contributed by atoms with E-state index in [1.807, 2.05) is 57.5 Å². The summed E-state index contributed by atoms with van der Waals surface area (Å²) in [5.74, 6) is 0.304. The molecule has 2 aliphatic rings. The first-order valence-corrected chi connectivity index (χ1v) is 11.7. The molecular weight excluding hydrogens is 418 g/mol. The fraction of sp³-hybridized carbons (Fsp3) is 0.560. The molecule has 2 amide bonds. The normalized spacial score (nSPS) is 21.1. The number of carbonyl (C=O) groups excluding carboxylic acids is 2. The highest BCUT2D eigenvalue weighted by molar-refractivity contribution is 5.91. The average molecular weight is 456 g/mol. The van der Waals surface area contributed by atoms with Crippen molar-refractivity contribution < 1.29 is 14.3 Å². The minimum atomic E-state index is -0.553. The number of anilines is 2. The first kappa shape index (κ1) is 24.8. The highest BCUT2D eigenvalue weighted by Gasteiger charge is 2.26. The molecule has 8 heteroatoms. The summed E-state index contributed by atoms with van der Waals surface area (Å²) >= 11 is 0. The molecular formula is C25H37N5O3. The van der Waals surface area contributed by atoms with Crippen molar-refractivity contribution in [2.75, 3.05) is 50.0 Å². The molecule has 1 aromatic carbocycles. The van der Waals surface area contributed by atoms with Crippen molar-refractivity contribution in [3.63, 3.8) is 0 Å². The Morgan fingerprint density at radius 2 is 1.82 bits per heavy atom. The van der Waals surface area contributed by atoms with E-state index in [-0.39, 0.29) is 12.3 Å². The number of aliphatic imine (C=N–C) groups is 1. The third-order valence-electron chi connectivity index (χ3n) is 5.86. The molecule has 8 nitrogen and oxygen atoms in total. The number of hydrogen-bond acceptors (Lipinski definition) is 6. The van der Waals surface area contributed by atoms with Gasteiger partial charge in [-0.3, -0.25) is 14.7 Å². The van der Waals surface area contributed by atoms with Gasteiger partial charge in [0.15, 0.2) is 0 Å². The predicted octanol–water partition coefficient (Wildman–Crippen LogP) is 3.61. The molecule has 0 spiro atoms. The third-order valence-corrected chi connectivity index (χ3v) is 5.86. The summed E-state index contributed by atoms with van der Waals surface area (Å²) in [6, 6.07) is 8.39. The Balaban J connectivity index is 1.43. The van der Waals surface area contributed by atoms with Gasteiger partial charge >= 0.3 is 6.09 Å². The number of carbonyl (C=O) groups is 2. The maximum Gasteiger partial charge on any atom is 0.410 e. The number of nitrogens with zero attached hydrogens (tertiary/aromatic N) is 4. The summed E-state index contributed by atoms with van der Waals surface area (Å²) in [6.07, 6.45) is 5.91. The lowest BCUT2D eigenvalue weighted by atomic mass is 9.99. The molecule has 0 bridgehead atoms. The molecule has 0 radical (unpaired) electrons. The summed E-state index contributed by atoms with van der Waals surface area (Å²) in [6.45, 7) is 11.9. The van der Waals surface area contributed by atoms with Gasteiger partial charge in [-0.25, -0.2) is 4.79 Å². The Kier molecular flexibility index (Phi) is 8.13. The van der Waals surface area contributed by atoms with Crippen LogP contribution < -0.4 is 10.2 Å². The number of nitrogens with one attached hydrogen (secondary N) is 1. The van der Waals surface area contributed by atoms with Crippen LogP contribution in [-0.2, 0) is 9.53 Å². The molecule has 2 unspecified atom stereocenters. The zero-order valence-electron chi connectivity index (χ0n) is 20.5. The summed E-state index contributed by atoms with van der Waals surface area (Å²) < 4.78 is 5.31. The van der Waals surface area contributed by atoms with Gasteiger partial charge in [0.05, 0.1) is 0 Å². The Hall–Kier alpha value is -2.87. The molecule has 1 N–H and O–H groups in total. The zero-order chi connectivity index (χ0) is 24.0. The maximum atomic E-state index is 12.3. The van der Waals surface area contributed by atoms with Gasteiger partial charge in [-0.05, 0) is 51.1 Å². The SMILES string of the molecule is CC1C=NC=CC1N1CCN(c2ccc(NC(=O)CCN(C)C(=O)OC(C)(C)C)cc2)CC1. The van der Waals surface area contributed by atoms with E-state index in [1.54, 1.807) is 7.05 Å². The number of amides is 2. The van der Waals surface area contributed by atoms with E-state index in [1.165, 1.54) is 4.90 Å². The highest BCUT2D eigenvalue weighted by Crippen LogP contribution is 2.22. The van der Waals surface area contributed by atoms with Crippen molar-refractivity contribution in [2.45, 2.75) is 45.8 Å². The highest BCUT2D eigenvalue weighted by atomic mass is 16.6. The lowest BCUT2D eigenvalue weighted by Crippen LogP contribution is -2.52. The Morgan fingerprint density at radius 1 is 1.15 bits per heavy atom. The van der Waals surface area contributed by atoms with Crippen LogP contribution in [0.25, 0.3) is 0 Å². The number of hydrogen-bond donors (Lipinski definition) is 1. The number of piperazine rings is 1. The number of benzene rings is 1. The monoisotopic (exact) mass is 455 g/mol. The Morgan fingerprint density at radius 3 is 2.42 bits per heavy atom. The van der Waals surface area contributed by atoms with Crippen LogP contribution in [0.1, 0.15) is 34.1 Å². The fourth-order valence-corrected chi connectivity index (χ4v) is 4.00. The van der Waals surface area contributed by atoms with Crippen molar-refractivity contribution in [2.24, 2.45) is 10.9 Å². The number of ether oxygens (including phenoxy) is 1. The van der Waals surface area contributed by atoms with Crippen LogP contribution in [-0.4, -0.2) is 79.4 Å². The van der Waals surface area contributed by atoms with Crippen LogP contribution in [0, 0.1) is 5.92 Å². The lowest BCUT2D eigenvalue weighted by Gasteiger charge is -2.41. The summed E-state index contributed by atoms with van der Waals surface area (Å²) in [5, 5.41) is 2.91. The van der Waals surface area contributed by atoms with E-state index in [9.17, 15) is 9.59 Å². The van der Waals surface area contributed by atoms with Crippen LogP contribution in [0.4, 0.5) is 16.2 Å². The molecule has 33 heavy (non-hydrogen) atoms. The second kappa shape index (κ2) is 10.8. The molecule has 1 fully saturated rings. The Bertz CT molecular complexity index is 867. The number of rotatable bonds is 6. The molecule has 1 saturated heterocycles. The zero-order valence-corrected chi connectivity index (χ0v) is 20.5. The van der Waals surface area contributed by atoms with E-state index < -0.39 is 11.7 Å². The molecule has 0 aliphatic carbocycles. The molecule has 2 aliphatic heterocycles. The van der Waals surface area contributed by atoms with Gasteiger partial charge in [0.1, 0.15) is 5.60 Å². The second-order valence-electron chi connectivity index (χ2n) is 9.76. The summed E-state index contributed by atoms with van der Waals surface area (Å²) in [7, 11) is 1.63. The molecule has 0 saturated carbocycles. The van der Waals surface area contributed by atoms with Gasteiger partial charge in [0.2, 0.25) is 5.91 Å². The van der Waals surface area contributed by atoms with Gasteiger partial charge in [0, 0.05) is 81.9 Å². The van der Waals surface area contributed by atoms with Crippen LogP contribution in [0.2, 0.25) is 0 Å². The van der Waals surface area contributed by atoms with Crippen LogP contribution >= 0.6 is 0 Å². The lowest BCUT2D eigenvalue weighted by molar-refractivity contribution is -0.116. The van der Waals surface area contributed by atoms with Crippen molar-refractivity contribution in [3.05, 3.63) is 36.5 Å². The van der Waals surface area contributed by atoms with E-state index in [2.05, 4.69) is 33.1 Å². The predicted molar refractivity (Wildman–Crippen MR) is 133 cm³/mol. The largest absolute Gasteiger partial charge is 0.444 e. The fourth-order valence-electron chi connectivity index (χ4n) is 4.00. The van der Waals surface area contributed by atoms with Gasteiger partial charge in [-0.15, -0.1) is 0 Å². The van der Waals surface area contributed by atoms with E-state index in [0.717, 1.165) is 37.6 Å². The molecule has 1 aromatic rings. The van der Waals surface area contributed by atoms with Crippen LogP contribution in [0.15, 0.2) is 41.5 Å². The van der Waals surface area contributed by atoms with Crippen LogP contribution in [0.3, 0.4) is 0 Å². The first-order chi connectivity index (χ1) is 15.6. The molecule has 2 atom stereocenters. The summed E-state index contributed by atoms with van der Waals surface area (Å²) in [5.41, 5.74) is 1.36. The molecule has 2 heterocycles. The first-order valence-electron chi connectivity index (χ1n) is 11.7.